The van der Waals surface area contributed by atoms with Crippen LogP contribution in [0.25, 0.3) is 10.6 Å². The molecule has 0 saturated carbocycles. The Labute approximate surface area is 181 Å². The van der Waals surface area contributed by atoms with Crippen molar-refractivity contribution in [2.75, 3.05) is 33.3 Å². The highest BCUT2D eigenvalue weighted by atomic mass is 32.1. The molecular formula is C24H27N3O2S. The van der Waals surface area contributed by atoms with Gasteiger partial charge in [0, 0.05) is 54.4 Å². The molecule has 1 aliphatic heterocycles. The van der Waals surface area contributed by atoms with Crippen LogP contribution < -0.4 is 4.74 Å². The van der Waals surface area contributed by atoms with Gasteiger partial charge in [0.15, 0.2) is 0 Å². The van der Waals surface area contributed by atoms with E-state index in [0.29, 0.717) is 6.04 Å². The highest BCUT2D eigenvalue weighted by Gasteiger charge is 2.25. The molecule has 3 aromatic rings. The molecule has 1 unspecified atom stereocenters. The predicted octanol–water partition coefficient (Wildman–Crippen LogP) is 4.65. The molecule has 1 aromatic heterocycles. The molecule has 0 aliphatic carbocycles. The van der Waals surface area contributed by atoms with Crippen molar-refractivity contribution >= 4 is 17.2 Å². The van der Waals surface area contributed by atoms with Crippen LogP contribution in [0.15, 0.2) is 53.9 Å². The molecule has 0 radical (unpaired) electrons. The summed E-state index contributed by atoms with van der Waals surface area (Å²) in [6, 6.07) is 16.3. The molecular weight excluding hydrogens is 394 g/mol. The Morgan fingerprint density at radius 1 is 1.10 bits per heavy atom. The summed E-state index contributed by atoms with van der Waals surface area (Å²) in [6.07, 6.45) is 0. The van der Waals surface area contributed by atoms with E-state index < -0.39 is 0 Å². The average Bonchev–Trinajstić information content (AvgIpc) is 3.24. The Balaban J connectivity index is 1.37. The number of carbonyl (C=O) groups is 1. The maximum Gasteiger partial charge on any atom is 0.253 e. The van der Waals surface area contributed by atoms with Crippen LogP contribution in [0.1, 0.15) is 34.6 Å². The first-order valence-electron chi connectivity index (χ1n) is 10.2. The van der Waals surface area contributed by atoms with Crippen molar-refractivity contribution in [1.82, 2.24) is 14.8 Å². The van der Waals surface area contributed by atoms with Crippen molar-refractivity contribution in [2.24, 2.45) is 0 Å². The van der Waals surface area contributed by atoms with Gasteiger partial charge in [-0.2, -0.15) is 0 Å². The number of methoxy groups -OCH3 is 1. The van der Waals surface area contributed by atoms with Gasteiger partial charge in [-0.15, -0.1) is 11.3 Å². The topological polar surface area (TPSA) is 45.7 Å². The van der Waals surface area contributed by atoms with Crippen LogP contribution in [-0.2, 0) is 0 Å². The molecule has 30 heavy (non-hydrogen) atoms. The maximum atomic E-state index is 13.0. The van der Waals surface area contributed by atoms with Gasteiger partial charge < -0.3 is 9.64 Å². The van der Waals surface area contributed by atoms with Crippen molar-refractivity contribution in [1.29, 1.82) is 0 Å². The van der Waals surface area contributed by atoms with Crippen LogP contribution in [0, 0.1) is 6.92 Å². The minimum Gasteiger partial charge on any atom is -0.497 e. The molecule has 156 valence electrons. The minimum atomic E-state index is 0.102. The largest absolute Gasteiger partial charge is 0.497 e. The third-order valence-corrected chi connectivity index (χ3v) is 6.73. The number of carbonyl (C=O) groups excluding carboxylic acids is 1. The van der Waals surface area contributed by atoms with Crippen LogP contribution >= 0.6 is 11.3 Å². The van der Waals surface area contributed by atoms with Gasteiger partial charge in [0.25, 0.3) is 5.91 Å². The van der Waals surface area contributed by atoms with Crippen molar-refractivity contribution in [3.05, 3.63) is 70.7 Å². The van der Waals surface area contributed by atoms with E-state index in [-0.39, 0.29) is 5.91 Å². The molecule has 2 aromatic carbocycles. The molecule has 2 heterocycles. The first-order chi connectivity index (χ1) is 14.5. The standard InChI is InChI=1S/C24H27N3O2S/c1-17-16-30-23(25-17)19-7-9-20(10-8-19)24(28)27-13-11-26(12-14-27)18(2)21-5-4-6-22(15-21)29-3/h4-10,15-16,18H,11-14H2,1-3H3. The van der Waals surface area contributed by atoms with Crippen LogP contribution in [0.4, 0.5) is 0 Å². The number of benzene rings is 2. The van der Waals surface area contributed by atoms with E-state index in [4.69, 9.17) is 4.74 Å². The number of aryl methyl sites for hydroxylation is 1. The third-order valence-electron chi connectivity index (χ3n) is 5.72. The Kier molecular flexibility index (Phi) is 6.16. The second-order valence-corrected chi connectivity index (χ2v) is 8.51. The summed E-state index contributed by atoms with van der Waals surface area (Å²) in [5.74, 6) is 0.982. The SMILES string of the molecule is COc1cccc(C(C)N2CCN(C(=O)c3ccc(-c4nc(C)cs4)cc3)CC2)c1. The zero-order valence-corrected chi connectivity index (χ0v) is 18.5. The van der Waals surface area contributed by atoms with Gasteiger partial charge in [-0.25, -0.2) is 4.98 Å². The smallest absolute Gasteiger partial charge is 0.253 e. The summed E-state index contributed by atoms with van der Waals surface area (Å²) in [4.78, 5) is 21.9. The lowest BCUT2D eigenvalue weighted by molar-refractivity contribution is 0.0582. The summed E-state index contributed by atoms with van der Waals surface area (Å²) < 4.78 is 5.35. The first-order valence-corrected chi connectivity index (χ1v) is 11.1. The Morgan fingerprint density at radius 3 is 2.47 bits per heavy atom. The molecule has 0 N–H and O–H groups in total. The number of rotatable bonds is 5. The van der Waals surface area contributed by atoms with E-state index >= 15 is 0 Å². The first kappa shape index (κ1) is 20.6. The quantitative estimate of drug-likeness (QED) is 0.602. The van der Waals surface area contributed by atoms with Crippen LogP contribution in [0.2, 0.25) is 0 Å². The molecule has 1 saturated heterocycles. The van der Waals surface area contributed by atoms with Crippen LogP contribution in [0.3, 0.4) is 0 Å². The van der Waals surface area contributed by atoms with Gasteiger partial charge >= 0.3 is 0 Å². The molecule has 5 nitrogen and oxygen atoms in total. The number of piperazine rings is 1. The van der Waals surface area contributed by atoms with Gasteiger partial charge in [0.2, 0.25) is 0 Å². The Bertz CT molecular complexity index is 1010. The molecule has 1 atom stereocenters. The third kappa shape index (κ3) is 4.40. The molecule has 1 amide bonds. The lowest BCUT2D eigenvalue weighted by Gasteiger charge is -2.38. The number of nitrogens with zero attached hydrogens (tertiary/aromatic N) is 3. The molecule has 6 heteroatoms. The van der Waals surface area contributed by atoms with Crippen LogP contribution in [0.5, 0.6) is 5.75 Å². The zero-order valence-electron chi connectivity index (χ0n) is 17.7. The molecule has 1 aliphatic rings. The number of amides is 1. The lowest BCUT2D eigenvalue weighted by atomic mass is 10.1. The highest BCUT2D eigenvalue weighted by Crippen LogP contribution is 2.26. The zero-order chi connectivity index (χ0) is 21.1. The summed E-state index contributed by atoms with van der Waals surface area (Å²) >= 11 is 1.63. The monoisotopic (exact) mass is 421 g/mol. The molecule has 4 rings (SSSR count). The van der Waals surface area contributed by atoms with E-state index in [1.54, 1.807) is 18.4 Å². The van der Waals surface area contributed by atoms with Gasteiger partial charge in [-0.3, -0.25) is 9.69 Å². The number of hydrogen-bond acceptors (Lipinski definition) is 5. The fourth-order valence-corrected chi connectivity index (χ4v) is 4.65. The second-order valence-electron chi connectivity index (χ2n) is 7.65. The van der Waals surface area contributed by atoms with Crippen LogP contribution in [-0.4, -0.2) is 54.0 Å². The summed E-state index contributed by atoms with van der Waals surface area (Å²) in [5.41, 5.74) is 4.06. The maximum absolute atomic E-state index is 13.0. The lowest BCUT2D eigenvalue weighted by Crippen LogP contribution is -2.49. The normalized spacial score (nSPS) is 15.8. The van der Waals surface area contributed by atoms with E-state index in [9.17, 15) is 4.79 Å². The fourth-order valence-electron chi connectivity index (χ4n) is 3.85. The summed E-state index contributed by atoms with van der Waals surface area (Å²) in [5, 5.41) is 3.03. The van der Waals surface area contributed by atoms with E-state index in [0.717, 1.165) is 53.8 Å². The predicted molar refractivity (Wildman–Crippen MR) is 121 cm³/mol. The van der Waals surface area contributed by atoms with Gasteiger partial charge in [-0.05, 0) is 43.7 Å². The highest BCUT2D eigenvalue weighted by molar-refractivity contribution is 7.13. The summed E-state index contributed by atoms with van der Waals surface area (Å²) in [6.45, 7) is 7.40. The number of aromatic nitrogens is 1. The van der Waals surface area contributed by atoms with E-state index in [1.807, 2.05) is 53.6 Å². The molecule has 1 fully saturated rings. The number of ether oxygens (including phenoxy) is 1. The van der Waals surface area contributed by atoms with Crippen molar-refractivity contribution in [3.63, 3.8) is 0 Å². The van der Waals surface area contributed by atoms with E-state index in [2.05, 4.69) is 28.9 Å². The van der Waals surface area contributed by atoms with Crippen molar-refractivity contribution in [3.8, 4) is 16.3 Å². The summed E-state index contributed by atoms with van der Waals surface area (Å²) in [7, 11) is 1.69. The van der Waals surface area contributed by atoms with Crippen molar-refractivity contribution in [2.45, 2.75) is 19.9 Å². The number of thiazole rings is 1. The second kappa shape index (κ2) is 8.98. The van der Waals surface area contributed by atoms with Crippen molar-refractivity contribution < 1.29 is 9.53 Å². The molecule has 0 bridgehead atoms. The fraction of sp³-hybridized carbons (Fsp3) is 0.333. The number of hydrogen-bond donors (Lipinski definition) is 0. The Morgan fingerprint density at radius 2 is 1.83 bits per heavy atom. The Hall–Kier alpha value is -2.70. The average molecular weight is 422 g/mol. The van der Waals surface area contributed by atoms with E-state index in [1.165, 1.54) is 5.56 Å². The minimum absolute atomic E-state index is 0.102. The van der Waals surface area contributed by atoms with Gasteiger partial charge in [0.1, 0.15) is 10.8 Å². The van der Waals surface area contributed by atoms with Gasteiger partial charge in [-0.1, -0.05) is 24.3 Å². The molecule has 0 spiro atoms. The van der Waals surface area contributed by atoms with Gasteiger partial charge in [0.05, 0.1) is 7.11 Å².